The summed E-state index contributed by atoms with van der Waals surface area (Å²) in [6, 6.07) is 15.0. The van der Waals surface area contributed by atoms with E-state index in [2.05, 4.69) is 16.0 Å². The molecule has 1 heterocycles. The normalized spacial score (nSPS) is 24.6. The van der Waals surface area contributed by atoms with Crippen LogP contribution < -0.4 is 20.3 Å². The van der Waals surface area contributed by atoms with Gasteiger partial charge >= 0.3 is 0 Å². The van der Waals surface area contributed by atoms with Crippen molar-refractivity contribution in [3.8, 4) is 0 Å². The SMILES string of the molecule is CCNc1cc(C(=O)N[C@@H](Cc2ccccc2)[C@H](O)CN[C@H]2C[C@@H]3CC[C@H]2C3)cc(N2CCCCS2(=O)=O)c1.Cl. The molecule has 0 spiro atoms. The Bertz CT molecular complexity index is 1250. The van der Waals surface area contributed by atoms with E-state index in [0.29, 0.717) is 61.4 Å². The van der Waals surface area contributed by atoms with E-state index in [1.807, 2.05) is 37.3 Å². The molecule has 3 aliphatic rings. The number of amides is 1. The molecule has 5 rings (SSSR count). The van der Waals surface area contributed by atoms with Crippen LogP contribution in [0.1, 0.15) is 61.4 Å². The zero-order valence-electron chi connectivity index (χ0n) is 23.2. The number of rotatable bonds is 11. The summed E-state index contributed by atoms with van der Waals surface area (Å²) in [7, 11) is -3.42. The van der Waals surface area contributed by atoms with Gasteiger partial charge in [-0.25, -0.2) is 8.42 Å². The van der Waals surface area contributed by atoms with Gasteiger partial charge < -0.3 is 21.1 Å². The number of carbonyl (C=O) groups excluding carboxylic acids is 1. The fourth-order valence-corrected chi connectivity index (χ4v) is 8.21. The highest BCUT2D eigenvalue weighted by atomic mass is 35.5. The highest BCUT2D eigenvalue weighted by molar-refractivity contribution is 7.92. The fraction of sp³-hybridized carbons (Fsp3) is 0.567. The van der Waals surface area contributed by atoms with Crippen molar-refractivity contribution in [3.05, 3.63) is 59.7 Å². The Morgan fingerprint density at radius 1 is 1.10 bits per heavy atom. The molecule has 4 N–H and O–H groups in total. The number of nitrogens with one attached hydrogen (secondary N) is 3. The molecule has 10 heteroatoms. The molecule has 0 radical (unpaired) electrons. The summed E-state index contributed by atoms with van der Waals surface area (Å²) in [5, 5.41) is 21.2. The van der Waals surface area contributed by atoms with Gasteiger partial charge in [0, 0.05) is 36.9 Å². The Morgan fingerprint density at radius 3 is 2.58 bits per heavy atom. The van der Waals surface area contributed by atoms with E-state index < -0.39 is 22.2 Å². The van der Waals surface area contributed by atoms with Crippen LogP contribution in [0.5, 0.6) is 0 Å². The van der Waals surface area contributed by atoms with Crippen LogP contribution in [0.4, 0.5) is 11.4 Å². The number of nitrogens with zero attached hydrogens (tertiary/aromatic N) is 1. The molecule has 2 aromatic carbocycles. The average molecular weight is 591 g/mol. The van der Waals surface area contributed by atoms with E-state index >= 15 is 0 Å². The standard InChI is InChI=1S/C30H42N4O4S.ClH/c1-2-31-25-17-24(18-26(19-25)34-12-6-7-13-39(34,37)38)30(36)33-28(15-21-8-4-3-5-9-21)29(35)20-32-27-16-22-10-11-23(27)14-22;/h3-5,8-9,17-19,22-23,27-29,31-32,35H,2,6-7,10-16,20H2,1H3,(H,33,36);1H/t22-,23+,27+,28+,29-;/m1./s1. The molecule has 2 aromatic rings. The van der Waals surface area contributed by atoms with Crippen LogP contribution >= 0.6 is 12.4 Å². The van der Waals surface area contributed by atoms with Gasteiger partial charge in [0.15, 0.2) is 0 Å². The van der Waals surface area contributed by atoms with Gasteiger partial charge in [-0.1, -0.05) is 36.8 Å². The molecule has 8 nitrogen and oxygen atoms in total. The van der Waals surface area contributed by atoms with Crippen molar-refractivity contribution < 1.29 is 18.3 Å². The molecule has 2 bridgehead atoms. The number of carbonyl (C=O) groups is 1. The minimum absolute atomic E-state index is 0. The van der Waals surface area contributed by atoms with E-state index in [1.165, 1.54) is 30.0 Å². The van der Waals surface area contributed by atoms with Crippen LogP contribution in [-0.4, -0.2) is 63.0 Å². The quantitative estimate of drug-likeness (QED) is 0.315. The van der Waals surface area contributed by atoms with Gasteiger partial charge in [0.05, 0.1) is 23.6 Å². The second-order valence-corrected chi connectivity index (χ2v) is 13.4. The van der Waals surface area contributed by atoms with E-state index in [-0.39, 0.29) is 24.1 Å². The number of aliphatic hydroxyl groups excluding tert-OH is 1. The number of sulfonamides is 1. The third kappa shape index (κ3) is 7.29. The van der Waals surface area contributed by atoms with Gasteiger partial charge in [-0.2, -0.15) is 0 Å². The Hall–Kier alpha value is -2.33. The Kier molecular flexibility index (Phi) is 10.4. The maximum Gasteiger partial charge on any atom is 0.251 e. The molecule has 3 fully saturated rings. The van der Waals surface area contributed by atoms with Crippen molar-refractivity contribution >= 4 is 39.7 Å². The lowest BCUT2D eigenvalue weighted by Gasteiger charge is -2.30. The van der Waals surface area contributed by atoms with Gasteiger partial charge in [-0.15, -0.1) is 12.4 Å². The summed E-state index contributed by atoms with van der Waals surface area (Å²) in [6.07, 6.45) is 6.20. The van der Waals surface area contributed by atoms with Crippen LogP contribution in [0, 0.1) is 11.8 Å². The summed E-state index contributed by atoms with van der Waals surface area (Å²) >= 11 is 0. The highest BCUT2D eigenvalue weighted by Crippen LogP contribution is 2.44. The van der Waals surface area contributed by atoms with Gasteiger partial charge in [0.2, 0.25) is 10.0 Å². The smallest absolute Gasteiger partial charge is 0.251 e. The molecule has 220 valence electrons. The van der Waals surface area contributed by atoms with Gasteiger partial charge in [-0.05, 0) is 81.0 Å². The van der Waals surface area contributed by atoms with Crippen LogP contribution in [0.25, 0.3) is 0 Å². The average Bonchev–Trinajstić information content (AvgIpc) is 3.55. The maximum absolute atomic E-state index is 13.6. The van der Waals surface area contributed by atoms with Crippen molar-refractivity contribution in [1.29, 1.82) is 0 Å². The van der Waals surface area contributed by atoms with Crippen molar-refractivity contribution in [3.63, 3.8) is 0 Å². The summed E-state index contributed by atoms with van der Waals surface area (Å²) in [5.41, 5.74) is 2.59. The zero-order valence-corrected chi connectivity index (χ0v) is 24.9. The number of hydrogen-bond acceptors (Lipinski definition) is 6. The summed E-state index contributed by atoms with van der Waals surface area (Å²) < 4.78 is 27.0. The second kappa shape index (κ2) is 13.6. The number of aliphatic hydroxyl groups is 1. The molecule has 1 saturated heterocycles. The Morgan fingerprint density at radius 2 is 1.90 bits per heavy atom. The molecule has 40 heavy (non-hydrogen) atoms. The van der Waals surface area contributed by atoms with Gasteiger partial charge in [0.1, 0.15) is 0 Å². The molecule has 2 aliphatic carbocycles. The summed E-state index contributed by atoms with van der Waals surface area (Å²) in [6.45, 7) is 3.42. The third-order valence-corrected chi connectivity index (χ3v) is 10.5. The first kappa shape index (κ1) is 30.6. The summed E-state index contributed by atoms with van der Waals surface area (Å²) in [4.78, 5) is 13.6. The van der Waals surface area contributed by atoms with E-state index in [0.717, 1.165) is 17.9 Å². The Labute approximate surface area is 244 Å². The van der Waals surface area contributed by atoms with Crippen molar-refractivity contribution in [2.45, 2.75) is 70.1 Å². The van der Waals surface area contributed by atoms with Crippen LogP contribution in [0.3, 0.4) is 0 Å². The molecule has 0 aromatic heterocycles. The first-order valence-corrected chi connectivity index (χ1v) is 16.1. The van der Waals surface area contributed by atoms with Crippen LogP contribution in [0.2, 0.25) is 0 Å². The fourth-order valence-electron chi connectivity index (χ4n) is 6.58. The van der Waals surface area contributed by atoms with Crippen molar-refractivity contribution in [2.75, 3.05) is 35.0 Å². The molecule has 1 aliphatic heterocycles. The predicted molar refractivity (Wildman–Crippen MR) is 163 cm³/mol. The lowest BCUT2D eigenvalue weighted by molar-refractivity contribution is 0.0819. The second-order valence-electron chi connectivity index (χ2n) is 11.4. The van der Waals surface area contributed by atoms with Gasteiger partial charge in [-0.3, -0.25) is 9.10 Å². The first-order valence-electron chi connectivity index (χ1n) is 14.5. The zero-order chi connectivity index (χ0) is 27.4. The number of halogens is 1. The van der Waals surface area contributed by atoms with E-state index in [1.54, 1.807) is 18.2 Å². The van der Waals surface area contributed by atoms with Gasteiger partial charge in [0.25, 0.3) is 5.91 Å². The molecule has 1 amide bonds. The summed E-state index contributed by atoms with van der Waals surface area (Å²) in [5.74, 6) is 1.29. The number of benzene rings is 2. The van der Waals surface area contributed by atoms with E-state index in [4.69, 9.17) is 0 Å². The van der Waals surface area contributed by atoms with Crippen molar-refractivity contribution in [1.82, 2.24) is 10.6 Å². The van der Waals surface area contributed by atoms with Crippen molar-refractivity contribution in [2.24, 2.45) is 11.8 Å². The molecule has 5 atom stereocenters. The molecular formula is C30H43ClN4O4S. The minimum Gasteiger partial charge on any atom is -0.390 e. The lowest BCUT2D eigenvalue weighted by Crippen LogP contribution is -2.50. The lowest BCUT2D eigenvalue weighted by atomic mass is 9.94. The molecule has 2 saturated carbocycles. The molecule has 0 unspecified atom stereocenters. The minimum atomic E-state index is -3.42. The van der Waals surface area contributed by atoms with Crippen LogP contribution in [0.15, 0.2) is 48.5 Å². The van der Waals surface area contributed by atoms with E-state index in [9.17, 15) is 18.3 Å². The number of hydrogen-bond donors (Lipinski definition) is 4. The predicted octanol–water partition coefficient (Wildman–Crippen LogP) is 3.95. The Balaban J connectivity index is 0.00000370. The third-order valence-electron chi connectivity index (χ3n) is 8.60. The first-order chi connectivity index (χ1) is 18.8. The molecular weight excluding hydrogens is 548 g/mol. The van der Waals surface area contributed by atoms with Crippen LogP contribution in [-0.2, 0) is 16.4 Å². The maximum atomic E-state index is 13.6. The topological polar surface area (TPSA) is 111 Å². The number of fused-ring (bicyclic) bond motifs is 2. The number of anilines is 2. The highest BCUT2D eigenvalue weighted by Gasteiger charge is 2.39. The largest absolute Gasteiger partial charge is 0.390 e. The monoisotopic (exact) mass is 590 g/mol.